The molecule has 196 valence electrons. The summed E-state index contributed by atoms with van der Waals surface area (Å²) in [5, 5.41) is 7.12. The number of aromatic nitrogens is 1. The lowest BCUT2D eigenvalue weighted by molar-refractivity contribution is -0.192. The van der Waals surface area contributed by atoms with Crippen molar-refractivity contribution in [3.63, 3.8) is 0 Å². The molecule has 1 aromatic heterocycles. The van der Waals surface area contributed by atoms with E-state index in [1.165, 1.54) is 17.7 Å². The van der Waals surface area contributed by atoms with Crippen molar-refractivity contribution in [2.45, 2.75) is 31.3 Å². The van der Waals surface area contributed by atoms with Crippen LogP contribution >= 0.6 is 0 Å². The average Bonchev–Trinajstić information content (AvgIpc) is 3.50. The van der Waals surface area contributed by atoms with Crippen LogP contribution in [0, 0.1) is 5.82 Å². The van der Waals surface area contributed by atoms with E-state index in [-0.39, 0.29) is 23.8 Å². The molecule has 0 spiro atoms. The molecule has 2 aliphatic heterocycles. The molecule has 2 unspecified atom stereocenters. The third-order valence-corrected chi connectivity index (χ3v) is 6.40. The van der Waals surface area contributed by atoms with Gasteiger partial charge in [-0.2, -0.15) is 13.2 Å². The van der Waals surface area contributed by atoms with E-state index in [4.69, 9.17) is 14.6 Å². The maximum absolute atomic E-state index is 13.3. The van der Waals surface area contributed by atoms with Crippen LogP contribution in [0.15, 0.2) is 66.9 Å². The number of carboxylic acids is 1. The molecule has 2 aliphatic rings. The SMILES string of the molecule is COc1cccc(CN2CC3C(C2)n2cccc2C(=O)N3Cc2ccc(F)cc2)c1.O=C(O)C(F)(F)F. The maximum Gasteiger partial charge on any atom is 0.490 e. The first-order valence-electron chi connectivity index (χ1n) is 11.4. The highest BCUT2D eigenvalue weighted by molar-refractivity contribution is 5.94. The fourth-order valence-corrected chi connectivity index (χ4v) is 4.72. The molecule has 7 nitrogen and oxygen atoms in total. The first-order chi connectivity index (χ1) is 17.6. The Morgan fingerprint density at radius 3 is 2.32 bits per heavy atom. The fraction of sp³-hybridized carbons (Fsp3) is 0.308. The molecule has 1 N–H and O–H groups in total. The molecule has 2 atom stereocenters. The van der Waals surface area contributed by atoms with Crippen molar-refractivity contribution in [2.75, 3.05) is 20.2 Å². The Hall–Kier alpha value is -3.86. The molecule has 0 aliphatic carbocycles. The molecule has 0 bridgehead atoms. The van der Waals surface area contributed by atoms with E-state index in [0.717, 1.165) is 36.6 Å². The lowest BCUT2D eigenvalue weighted by Gasteiger charge is -2.38. The van der Waals surface area contributed by atoms with Gasteiger partial charge in [0, 0.05) is 32.4 Å². The molecule has 11 heteroatoms. The van der Waals surface area contributed by atoms with Gasteiger partial charge in [-0.25, -0.2) is 9.18 Å². The number of rotatable bonds is 5. The van der Waals surface area contributed by atoms with Crippen molar-refractivity contribution in [3.8, 4) is 5.75 Å². The van der Waals surface area contributed by atoms with Gasteiger partial charge in [0.25, 0.3) is 5.91 Å². The number of hydrogen-bond donors (Lipinski definition) is 1. The minimum Gasteiger partial charge on any atom is -0.497 e. The van der Waals surface area contributed by atoms with Crippen LogP contribution in [0.1, 0.15) is 27.7 Å². The highest BCUT2D eigenvalue weighted by Gasteiger charge is 2.44. The van der Waals surface area contributed by atoms with Gasteiger partial charge in [0.05, 0.1) is 19.2 Å². The zero-order valence-electron chi connectivity index (χ0n) is 19.9. The molecule has 37 heavy (non-hydrogen) atoms. The molecule has 0 saturated carbocycles. The number of hydrogen-bond acceptors (Lipinski definition) is 4. The Balaban J connectivity index is 0.000000405. The first kappa shape index (κ1) is 26.2. The van der Waals surface area contributed by atoms with Crippen LogP contribution < -0.4 is 4.74 Å². The largest absolute Gasteiger partial charge is 0.497 e. The van der Waals surface area contributed by atoms with Crippen molar-refractivity contribution in [2.24, 2.45) is 0 Å². The summed E-state index contributed by atoms with van der Waals surface area (Å²) in [6.07, 6.45) is -3.07. The summed E-state index contributed by atoms with van der Waals surface area (Å²) >= 11 is 0. The standard InChI is InChI=1S/C24H24FN3O2.C2HF3O2/c1-30-20-5-2-4-18(12-20)13-26-15-22-23(16-26)28(14-17-7-9-19(25)10-8-17)24(29)21-6-3-11-27(21)22;3-2(4,5)1(6)7/h2-12,22-23H,13-16H2,1H3;(H,6,7). The molecule has 5 rings (SSSR count). The number of carbonyl (C=O) groups excluding carboxylic acids is 1. The van der Waals surface area contributed by atoms with Crippen LogP contribution in [0.5, 0.6) is 5.75 Å². The smallest absolute Gasteiger partial charge is 0.490 e. The van der Waals surface area contributed by atoms with Crippen LogP contribution in [0.4, 0.5) is 17.6 Å². The highest BCUT2D eigenvalue weighted by atomic mass is 19.4. The lowest BCUT2D eigenvalue weighted by atomic mass is 10.0. The Morgan fingerprint density at radius 1 is 1.00 bits per heavy atom. The summed E-state index contributed by atoms with van der Waals surface area (Å²) in [6, 6.07) is 18.7. The summed E-state index contributed by atoms with van der Waals surface area (Å²) in [6.45, 7) is 2.96. The minimum atomic E-state index is -5.08. The zero-order valence-corrected chi connectivity index (χ0v) is 19.9. The van der Waals surface area contributed by atoms with Crippen molar-refractivity contribution < 1.29 is 37.0 Å². The predicted octanol–water partition coefficient (Wildman–Crippen LogP) is 4.35. The van der Waals surface area contributed by atoms with E-state index in [9.17, 15) is 22.4 Å². The summed E-state index contributed by atoms with van der Waals surface area (Å²) in [5.74, 6) is -2.13. The Labute approximate surface area is 210 Å². The molecule has 1 saturated heterocycles. The molecule has 1 fully saturated rings. The Morgan fingerprint density at radius 2 is 1.68 bits per heavy atom. The molecule has 0 radical (unpaired) electrons. The molecular weight excluding hydrogens is 494 g/mol. The minimum absolute atomic E-state index is 0.0359. The first-order valence-corrected chi connectivity index (χ1v) is 11.4. The average molecular weight is 519 g/mol. The van der Waals surface area contributed by atoms with Crippen molar-refractivity contribution in [3.05, 3.63) is 89.5 Å². The Kier molecular flexibility index (Phi) is 7.53. The molecule has 2 aromatic carbocycles. The van der Waals surface area contributed by atoms with Gasteiger partial charge in [0.15, 0.2) is 0 Å². The maximum atomic E-state index is 13.3. The van der Waals surface area contributed by atoms with Crippen molar-refractivity contribution in [1.29, 1.82) is 0 Å². The van der Waals surface area contributed by atoms with Gasteiger partial charge in [0.1, 0.15) is 17.3 Å². The second-order valence-electron chi connectivity index (χ2n) is 8.84. The fourth-order valence-electron chi connectivity index (χ4n) is 4.72. The number of nitrogens with zero attached hydrogens (tertiary/aromatic N) is 3. The number of alkyl halides is 3. The molecule has 3 heterocycles. The zero-order chi connectivity index (χ0) is 26.7. The number of likely N-dealkylation sites (tertiary alicyclic amines) is 1. The molecule has 3 aromatic rings. The number of halogens is 4. The number of carbonyl (C=O) groups is 2. The van der Waals surface area contributed by atoms with E-state index < -0.39 is 12.1 Å². The number of benzene rings is 2. The van der Waals surface area contributed by atoms with Crippen LogP contribution in [-0.2, 0) is 17.9 Å². The van der Waals surface area contributed by atoms with Crippen LogP contribution in [0.3, 0.4) is 0 Å². The highest BCUT2D eigenvalue weighted by Crippen LogP contribution is 2.35. The van der Waals surface area contributed by atoms with E-state index in [2.05, 4.69) is 21.6 Å². The molecular formula is C26H25F4N3O4. The van der Waals surface area contributed by atoms with E-state index in [0.29, 0.717) is 6.54 Å². The summed E-state index contributed by atoms with van der Waals surface area (Å²) in [4.78, 5) is 26.5. The van der Waals surface area contributed by atoms with Crippen LogP contribution in [0.25, 0.3) is 0 Å². The van der Waals surface area contributed by atoms with Crippen molar-refractivity contribution >= 4 is 11.9 Å². The van der Waals surface area contributed by atoms with Gasteiger partial charge < -0.3 is 19.3 Å². The quantitative estimate of drug-likeness (QED) is 0.508. The summed E-state index contributed by atoms with van der Waals surface area (Å²) < 4.78 is 52.5. The number of ether oxygens (including phenoxy) is 1. The monoisotopic (exact) mass is 519 g/mol. The topological polar surface area (TPSA) is 75.0 Å². The van der Waals surface area contributed by atoms with Crippen LogP contribution in [0.2, 0.25) is 0 Å². The lowest BCUT2D eigenvalue weighted by Crippen LogP contribution is -2.49. The van der Waals surface area contributed by atoms with Crippen LogP contribution in [-0.4, -0.2) is 63.8 Å². The van der Waals surface area contributed by atoms with Gasteiger partial charge >= 0.3 is 12.1 Å². The van der Waals surface area contributed by atoms with Gasteiger partial charge in [0.2, 0.25) is 0 Å². The summed E-state index contributed by atoms with van der Waals surface area (Å²) in [7, 11) is 1.68. The second kappa shape index (κ2) is 10.6. The number of methoxy groups -OCH3 is 1. The van der Waals surface area contributed by atoms with Gasteiger partial charge in [-0.05, 0) is 47.5 Å². The number of aliphatic carboxylic acids is 1. The van der Waals surface area contributed by atoms with Gasteiger partial charge in [-0.1, -0.05) is 24.3 Å². The van der Waals surface area contributed by atoms with E-state index in [1.54, 1.807) is 19.2 Å². The van der Waals surface area contributed by atoms with Gasteiger partial charge in [-0.15, -0.1) is 0 Å². The number of amides is 1. The summed E-state index contributed by atoms with van der Waals surface area (Å²) in [5.41, 5.74) is 2.86. The predicted molar refractivity (Wildman–Crippen MR) is 125 cm³/mol. The molecule has 1 amide bonds. The van der Waals surface area contributed by atoms with E-state index >= 15 is 0 Å². The van der Waals surface area contributed by atoms with E-state index in [1.807, 2.05) is 35.4 Å². The second-order valence-corrected chi connectivity index (χ2v) is 8.84. The number of fused-ring (bicyclic) bond motifs is 3. The Bertz CT molecular complexity index is 1260. The third kappa shape index (κ3) is 5.93. The van der Waals surface area contributed by atoms with Crippen molar-refractivity contribution in [1.82, 2.24) is 14.4 Å². The third-order valence-electron chi connectivity index (χ3n) is 6.40. The normalized spacial score (nSPS) is 19.1. The number of carboxylic acid groups (broad SMARTS) is 1. The van der Waals surface area contributed by atoms with Gasteiger partial charge in [-0.3, -0.25) is 9.69 Å².